The fourth-order valence-corrected chi connectivity index (χ4v) is 3.67. The minimum absolute atomic E-state index is 0.148. The van der Waals surface area contributed by atoms with Crippen LogP contribution in [0.3, 0.4) is 0 Å². The van der Waals surface area contributed by atoms with Crippen LogP contribution in [0.15, 0.2) is 52.6 Å². The van der Waals surface area contributed by atoms with Crippen molar-refractivity contribution in [2.45, 2.75) is 32.4 Å². The van der Waals surface area contributed by atoms with E-state index in [0.717, 1.165) is 36.3 Å². The Bertz CT molecular complexity index is 884. The molecule has 4 rings (SSSR count). The highest BCUT2D eigenvalue weighted by molar-refractivity contribution is 6.33. The Morgan fingerprint density at radius 2 is 2.31 bits per heavy atom. The number of hydrogen-bond acceptors (Lipinski definition) is 6. The molecule has 0 amide bonds. The highest BCUT2D eigenvalue weighted by Gasteiger charge is 2.28. The third-order valence-corrected chi connectivity index (χ3v) is 5.22. The highest BCUT2D eigenvalue weighted by atomic mass is 35.5. The Labute approximate surface area is 157 Å². The van der Waals surface area contributed by atoms with Crippen molar-refractivity contribution in [2.24, 2.45) is 5.10 Å². The van der Waals surface area contributed by atoms with Gasteiger partial charge in [-0.15, -0.1) is 5.10 Å². The maximum atomic E-state index is 6.39. The molecule has 0 unspecified atom stereocenters. The molecule has 0 fully saturated rings. The summed E-state index contributed by atoms with van der Waals surface area (Å²) in [4.78, 5) is 6.42. The van der Waals surface area contributed by atoms with Crippen LogP contribution >= 0.6 is 11.6 Å². The van der Waals surface area contributed by atoms with Crippen LogP contribution in [0.1, 0.15) is 36.3 Å². The maximum absolute atomic E-state index is 6.39. The molecule has 2 aromatic heterocycles. The second kappa shape index (κ2) is 6.92. The Balaban J connectivity index is 1.62. The number of hydrazone groups is 1. The quantitative estimate of drug-likeness (QED) is 0.896. The number of hydrogen-bond donors (Lipinski definition) is 1. The molecule has 1 atom stereocenters. The average Bonchev–Trinajstić information content (AvgIpc) is 3.09. The molecule has 134 valence electrons. The first kappa shape index (κ1) is 16.8. The summed E-state index contributed by atoms with van der Waals surface area (Å²) in [6.45, 7) is 7.52. The van der Waals surface area contributed by atoms with Gasteiger partial charge in [-0.2, -0.15) is 5.10 Å². The molecule has 0 spiro atoms. The van der Waals surface area contributed by atoms with Gasteiger partial charge in [0.2, 0.25) is 0 Å². The number of allylic oxidation sites excluding steroid dienone is 2. The van der Waals surface area contributed by atoms with Gasteiger partial charge < -0.3 is 4.90 Å². The number of nitrogens with zero attached hydrogens (tertiary/aromatic N) is 6. The zero-order valence-corrected chi connectivity index (χ0v) is 15.3. The third kappa shape index (κ3) is 2.88. The van der Waals surface area contributed by atoms with Gasteiger partial charge >= 0.3 is 0 Å². The number of halogens is 1. The van der Waals surface area contributed by atoms with Crippen molar-refractivity contribution in [3.05, 3.63) is 64.5 Å². The van der Waals surface area contributed by atoms with E-state index in [-0.39, 0.29) is 6.04 Å². The monoisotopic (exact) mass is 369 g/mol. The van der Waals surface area contributed by atoms with Crippen molar-refractivity contribution < 1.29 is 0 Å². The van der Waals surface area contributed by atoms with Crippen LogP contribution in [0.2, 0.25) is 0 Å². The fourth-order valence-electron chi connectivity index (χ4n) is 3.46. The standard InChI is InChI=1S/C18H20ClN7/c1-3-15(13-5-4-7-20-9-13)26-16-6-8-25(11-14(16)23-24-26)17-10-21-22-12(2)18(17)19/h4-5,7,9-10,15,22H,2-3,6,8,11H2,1H3/t15-/m1/s1. The van der Waals surface area contributed by atoms with E-state index in [1.807, 2.05) is 12.3 Å². The van der Waals surface area contributed by atoms with E-state index >= 15 is 0 Å². The second-order valence-corrected chi connectivity index (χ2v) is 6.74. The smallest absolute Gasteiger partial charge is 0.105 e. The van der Waals surface area contributed by atoms with E-state index in [9.17, 15) is 0 Å². The molecule has 0 saturated heterocycles. The summed E-state index contributed by atoms with van der Waals surface area (Å²) in [6.07, 6.45) is 7.20. The molecule has 0 aliphatic carbocycles. The fraction of sp³-hybridized carbons (Fsp3) is 0.333. The summed E-state index contributed by atoms with van der Waals surface area (Å²) >= 11 is 6.39. The van der Waals surface area contributed by atoms with E-state index in [2.05, 4.69) is 55.0 Å². The van der Waals surface area contributed by atoms with E-state index in [0.29, 0.717) is 17.3 Å². The highest BCUT2D eigenvalue weighted by Crippen LogP contribution is 2.29. The van der Waals surface area contributed by atoms with Gasteiger partial charge in [-0.3, -0.25) is 10.4 Å². The molecular formula is C18H20ClN7. The number of pyridine rings is 1. The van der Waals surface area contributed by atoms with Gasteiger partial charge in [0.05, 0.1) is 40.9 Å². The molecule has 8 heteroatoms. The van der Waals surface area contributed by atoms with Crippen LogP contribution in [0, 0.1) is 0 Å². The molecule has 0 bridgehead atoms. The van der Waals surface area contributed by atoms with Crippen molar-refractivity contribution in [3.63, 3.8) is 0 Å². The Hall–Kier alpha value is -2.67. The Kier molecular flexibility index (Phi) is 4.46. The first-order valence-electron chi connectivity index (χ1n) is 8.65. The van der Waals surface area contributed by atoms with Crippen molar-refractivity contribution in [2.75, 3.05) is 6.54 Å². The molecule has 26 heavy (non-hydrogen) atoms. The lowest BCUT2D eigenvalue weighted by Gasteiger charge is -2.31. The number of fused-ring (bicyclic) bond motifs is 1. The summed E-state index contributed by atoms with van der Waals surface area (Å²) < 4.78 is 2.05. The minimum Gasteiger partial charge on any atom is -0.363 e. The normalized spacial score (nSPS) is 17.9. The summed E-state index contributed by atoms with van der Waals surface area (Å²) in [5.41, 5.74) is 7.58. The molecule has 2 aliphatic heterocycles. The second-order valence-electron chi connectivity index (χ2n) is 6.36. The van der Waals surface area contributed by atoms with Crippen LogP contribution in [0.25, 0.3) is 0 Å². The molecule has 7 nitrogen and oxygen atoms in total. The third-order valence-electron chi connectivity index (χ3n) is 4.80. The molecule has 0 radical (unpaired) electrons. The summed E-state index contributed by atoms with van der Waals surface area (Å²) in [6, 6.07) is 4.20. The molecular weight excluding hydrogens is 350 g/mol. The summed E-state index contributed by atoms with van der Waals surface area (Å²) in [7, 11) is 0. The zero-order chi connectivity index (χ0) is 18.1. The van der Waals surface area contributed by atoms with Gasteiger partial charge in [0.25, 0.3) is 0 Å². The molecule has 4 heterocycles. The van der Waals surface area contributed by atoms with E-state index in [1.165, 1.54) is 5.69 Å². The molecule has 2 aliphatic rings. The first-order valence-corrected chi connectivity index (χ1v) is 9.02. The molecule has 0 aromatic carbocycles. The van der Waals surface area contributed by atoms with Crippen molar-refractivity contribution in [3.8, 4) is 0 Å². The molecule has 1 N–H and O–H groups in total. The van der Waals surface area contributed by atoms with Crippen molar-refractivity contribution in [1.82, 2.24) is 30.3 Å². The number of aromatic nitrogens is 4. The Morgan fingerprint density at radius 1 is 1.42 bits per heavy atom. The lowest BCUT2D eigenvalue weighted by atomic mass is 10.0. The SMILES string of the molecule is C=C1NN=CC(N2CCc3c(nnn3[C@H](CC)c3cccnc3)C2)=C1Cl. The molecule has 0 saturated carbocycles. The predicted octanol–water partition coefficient (Wildman–Crippen LogP) is 2.58. The van der Waals surface area contributed by atoms with Gasteiger partial charge in [0, 0.05) is 25.4 Å². The lowest BCUT2D eigenvalue weighted by molar-refractivity contribution is 0.325. The molecule has 2 aromatic rings. The van der Waals surface area contributed by atoms with Gasteiger partial charge in [0.15, 0.2) is 0 Å². The Morgan fingerprint density at radius 3 is 3.08 bits per heavy atom. The predicted molar refractivity (Wildman–Crippen MR) is 100 cm³/mol. The van der Waals surface area contributed by atoms with Crippen LogP contribution < -0.4 is 5.43 Å². The summed E-state index contributed by atoms with van der Waals surface area (Å²) in [5, 5.41) is 13.6. The van der Waals surface area contributed by atoms with Crippen LogP contribution in [-0.2, 0) is 13.0 Å². The summed E-state index contributed by atoms with van der Waals surface area (Å²) in [5.74, 6) is 0. The average molecular weight is 370 g/mol. The lowest BCUT2D eigenvalue weighted by Crippen LogP contribution is -2.34. The minimum atomic E-state index is 0.148. The van der Waals surface area contributed by atoms with E-state index < -0.39 is 0 Å². The zero-order valence-electron chi connectivity index (χ0n) is 14.6. The number of nitrogens with one attached hydrogen (secondary N) is 1. The van der Waals surface area contributed by atoms with Gasteiger partial charge in [0.1, 0.15) is 5.69 Å². The van der Waals surface area contributed by atoms with Gasteiger partial charge in [-0.1, -0.05) is 36.4 Å². The maximum Gasteiger partial charge on any atom is 0.105 e. The van der Waals surface area contributed by atoms with Crippen molar-refractivity contribution in [1.29, 1.82) is 0 Å². The van der Waals surface area contributed by atoms with Crippen LogP contribution in [0.4, 0.5) is 0 Å². The van der Waals surface area contributed by atoms with E-state index in [4.69, 9.17) is 11.6 Å². The van der Waals surface area contributed by atoms with Crippen molar-refractivity contribution >= 4 is 17.8 Å². The largest absolute Gasteiger partial charge is 0.363 e. The first-order chi connectivity index (χ1) is 12.7. The van der Waals surface area contributed by atoms with Crippen LogP contribution in [-0.4, -0.2) is 37.6 Å². The van der Waals surface area contributed by atoms with E-state index in [1.54, 1.807) is 12.4 Å². The van der Waals surface area contributed by atoms with Gasteiger partial charge in [-0.25, -0.2) is 4.68 Å². The van der Waals surface area contributed by atoms with Gasteiger partial charge in [-0.05, 0) is 18.1 Å². The number of rotatable bonds is 4. The van der Waals surface area contributed by atoms with Crippen LogP contribution in [0.5, 0.6) is 0 Å². The topological polar surface area (TPSA) is 71.2 Å².